The van der Waals surface area contributed by atoms with Gasteiger partial charge in [0.15, 0.2) is 15.6 Å². The zero-order valence-electron chi connectivity index (χ0n) is 10.5. The lowest BCUT2D eigenvalue weighted by Gasteiger charge is -2.03. The molecule has 0 radical (unpaired) electrons. The van der Waals surface area contributed by atoms with Crippen LogP contribution < -0.4 is 0 Å². The molecule has 0 aliphatic rings. The van der Waals surface area contributed by atoms with E-state index < -0.39 is 15.6 Å². The summed E-state index contributed by atoms with van der Waals surface area (Å²) in [5.41, 5.74) is 1.56. The third-order valence-electron chi connectivity index (χ3n) is 2.81. The van der Waals surface area contributed by atoms with Gasteiger partial charge < -0.3 is 0 Å². The van der Waals surface area contributed by atoms with Crippen molar-refractivity contribution in [2.45, 2.75) is 17.6 Å². The molecule has 0 amide bonds. The number of aryl methyl sites for hydroxylation is 1. The number of benzene rings is 1. The molecule has 0 aliphatic carbocycles. The van der Waals surface area contributed by atoms with Gasteiger partial charge in [0.25, 0.3) is 0 Å². The molecular weight excluding hydrogens is 280 g/mol. The Balaban J connectivity index is 2.17. The van der Waals surface area contributed by atoms with Crippen molar-refractivity contribution in [2.75, 3.05) is 5.75 Å². The van der Waals surface area contributed by atoms with E-state index >= 15 is 0 Å². The zero-order valence-corrected chi connectivity index (χ0v) is 12.1. The third kappa shape index (κ3) is 3.30. The quantitative estimate of drug-likeness (QED) is 0.797. The molecule has 19 heavy (non-hydrogen) atoms. The molecule has 1 heterocycles. The van der Waals surface area contributed by atoms with Gasteiger partial charge in [0.1, 0.15) is 9.96 Å². The van der Waals surface area contributed by atoms with Crippen molar-refractivity contribution in [3.8, 4) is 0 Å². The van der Waals surface area contributed by atoms with Gasteiger partial charge in [0.05, 0.1) is 0 Å². The molecular formula is C14H14O3S2. The van der Waals surface area contributed by atoms with Crippen molar-refractivity contribution in [2.24, 2.45) is 0 Å². The number of ketones is 1. The molecule has 0 aliphatic heterocycles. The molecule has 1 aromatic heterocycles. The van der Waals surface area contributed by atoms with Crippen LogP contribution in [-0.4, -0.2) is 20.0 Å². The fourth-order valence-corrected chi connectivity index (χ4v) is 4.01. The van der Waals surface area contributed by atoms with E-state index in [1.807, 2.05) is 19.1 Å². The second kappa shape index (κ2) is 5.67. The SMILES string of the molecule is CCc1ccc(C(=O)CS(=O)(=O)c2cccs2)cc1. The summed E-state index contributed by atoms with van der Waals surface area (Å²) < 4.78 is 24.2. The minimum absolute atomic E-state index is 0.242. The predicted octanol–water partition coefficient (Wildman–Crippen LogP) is 2.97. The van der Waals surface area contributed by atoms with Crippen LogP contribution in [-0.2, 0) is 16.3 Å². The summed E-state index contributed by atoms with van der Waals surface area (Å²) in [6.45, 7) is 2.03. The van der Waals surface area contributed by atoms with Crippen molar-refractivity contribution in [1.29, 1.82) is 0 Å². The van der Waals surface area contributed by atoms with Crippen LogP contribution in [0.3, 0.4) is 0 Å². The van der Waals surface area contributed by atoms with Gasteiger partial charge in [-0.15, -0.1) is 11.3 Å². The summed E-state index contributed by atoms with van der Waals surface area (Å²) in [7, 11) is -3.51. The molecule has 0 atom stereocenters. The Bertz CT molecular complexity index is 653. The third-order valence-corrected chi connectivity index (χ3v) is 5.91. The maximum atomic E-state index is 12.0. The standard InChI is InChI=1S/C14H14O3S2/c1-2-11-5-7-12(8-6-11)13(15)10-19(16,17)14-4-3-9-18-14/h3-9H,2,10H2,1H3. The highest BCUT2D eigenvalue weighted by molar-refractivity contribution is 7.94. The minimum Gasteiger partial charge on any atom is -0.293 e. The first-order chi connectivity index (χ1) is 9.03. The molecule has 2 rings (SSSR count). The molecule has 0 N–H and O–H groups in total. The Kier molecular flexibility index (Phi) is 4.17. The molecule has 1 aromatic carbocycles. The van der Waals surface area contributed by atoms with Gasteiger partial charge in [-0.25, -0.2) is 8.42 Å². The Morgan fingerprint density at radius 3 is 2.37 bits per heavy atom. The lowest BCUT2D eigenvalue weighted by molar-refractivity contribution is 0.102. The van der Waals surface area contributed by atoms with Gasteiger partial charge >= 0.3 is 0 Å². The monoisotopic (exact) mass is 294 g/mol. The summed E-state index contributed by atoms with van der Waals surface area (Å²) in [5, 5.41) is 1.69. The van der Waals surface area contributed by atoms with Crippen molar-refractivity contribution in [1.82, 2.24) is 0 Å². The van der Waals surface area contributed by atoms with Crippen LogP contribution in [0.2, 0.25) is 0 Å². The molecule has 0 spiro atoms. The second-order valence-electron chi connectivity index (χ2n) is 4.16. The van der Waals surface area contributed by atoms with Crippen LogP contribution in [0, 0.1) is 0 Å². The molecule has 0 unspecified atom stereocenters. The topological polar surface area (TPSA) is 51.2 Å². The van der Waals surface area contributed by atoms with E-state index in [9.17, 15) is 13.2 Å². The number of rotatable bonds is 5. The van der Waals surface area contributed by atoms with Gasteiger partial charge in [0, 0.05) is 5.56 Å². The molecule has 0 fully saturated rings. The Morgan fingerprint density at radius 2 is 1.84 bits per heavy atom. The smallest absolute Gasteiger partial charge is 0.195 e. The normalized spacial score (nSPS) is 11.4. The van der Waals surface area contributed by atoms with Gasteiger partial charge in [-0.1, -0.05) is 37.3 Å². The first-order valence-electron chi connectivity index (χ1n) is 5.91. The van der Waals surface area contributed by atoms with E-state index in [0.717, 1.165) is 23.3 Å². The highest BCUT2D eigenvalue weighted by atomic mass is 32.2. The lowest BCUT2D eigenvalue weighted by Crippen LogP contribution is -2.15. The van der Waals surface area contributed by atoms with E-state index in [-0.39, 0.29) is 9.99 Å². The molecule has 0 saturated carbocycles. The zero-order chi connectivity index (χ0) is 13.9. The largest absolute Gasteiger partial charge is 0.293 e. The molecule has 0 bridgehead atoms. The first-order valence-corrected chi connectivity index (χ1v) is 8.44. The van der Waals surface area contributed by atoms with Crippen LogP contribution in [0.4, 0.5) is 0 Å². The number of Topliss-reactive ketones (excluding diaryl/α,β-unsaturated/α-hetero) is 1. The van der Waals surface area contributed by atoms with Crippen LogP contribution in [0.5, 0.6) is 0 Å². The first kappa shape index (κ1) is 14.0. The molecule has 0 saturated heterocycles. The molecule has 5 heteroatoms. The highest BCUT2D eigenvalue weighted by Gasteiger charge is 2.21. The summed E-state index contributed by atoms with van der Waals surface area (Å²) in [6.07, 6.45) is 0.891. The second-order valence-corrected chi connectivity index (χ2v) is 7.33. The van der Waals surface area contributed by atoms with Gasteiger partial charge in [-0.05, 0) is 23.4 Å². The van der Waals surface area contributed by atoms with Gasteiger partial charge in [-0.3, -0.25) is 4.79 Å². The molecule has 2 aromatic rings. The van der Waals surface area contributed by atoms with Crippen LogP contribution in [0.25, 0.3) is 0 Å². The van der Waals surface area contributed by atoms with Crippen LogP contribution in [0.15, 0.2) is 46.0 Å². The number of carbonyl (C=O) groups excluding carboxylic acids is 1. The van der Waals surface area contributed by atoms with E-state index in [2.05, 4.69) is 0 Å². The Labute approximate surface area is 116 Å². The number of carbonyl (C=O) groups is 1. The fourth-order valence-electron chi connectivity index (χ4n) is 1.69. The van der Waals surface area contributed by atoms with Crippen LogP contribution in [0.1, 0.15) is 22.8 Å². The van der Waals surface area contributed by atoms with Crippen molar-refractivity contribution >= 4 is 27.0 Å². The summed E-state index contributed by atoms with van der Waals surface area (Å²) in [6, 6.07) is 10.3. The van der Waals surface area contributed by atoms with Gasteiger partial charge in [-0.2, -0.15) is 0 Å². The fraction of sp³-hybridized carbons (Fsp3) is 0.214. The number of thiophene rings is 1. The summed E-state index contributed by atoms with van der Waals surface area (Å²) >= 11 is 1.13. The average molecular weight is 294 g/mol. The minimum atomic E-state index is -3.51. The summed E-state index contributed by atoms with van der Waals surface area (Å²) in [5.74, 6) is -0.838. The average Bonchev–Trinajstić information content (AvgIpc) is 2.93. The number of sulfone groups is 1. The number of hydrogen-bond acceptors (Lipinski definition) is 4. The maximum Gasteiger partial charge on any atom is 0.195 e. The Hall–Kier alpha value is -1.46. The lowest BCUT2D eigenvalue weighted by atomic mass is 10.1. The highest BCUT2D eigenvalue weighted by Crippen LogP contribution is 2.18. The van der Waals surface area contributed by atoms with Crippen LogP contribution >= 0.6 is 11.3 Å². The molecule has 3 nitrogen and oxygen atoms in total. The van der Waals surface area contributed by atoms with Crippen molar-refractivity contribution < 1.29 is 13.2 Å². The van der Waals surface area contributed by atoms with E-state index in [1.54, 1.807) is 23.6 Å². The predicted molar refractivity (Wildman–Crippen MR) is 76.5 cm³/mol. The maximum absolute atomic E-state index is 12.0. The van der Waals surface area contributed by atoms with Crippen molar-refractivity contribution in [3.05, 3.63) is 52.9 Å². The van der Waals surface area contributed by atoms with E-state index in [1.165, 1.54) is 6.07 Å². The van der Waals surface area contributed by atoms with Crippen molar-refractivity contribution in [3.63, 3.8) is 0 Å². The van der Waals surface area contributed by atoms with Gasteiger partial charge in [0.2, 0.25) is 0 Å². The van der Waals surface area contributed by atoms with E-state index in [4.69, 9.17) is 0 Å². The number of hydrogen-bond donors (Lipinski definition) is 0. The molecule has 100 valence electrons. The Morgan fingerprint density at radius 1 is 1.16 bits per heavy atom. The summed E-state index contributed by atoms with van der Waals surface area (Å²) in [4.78, 5) is 12.0. The van der Waals surface area contributed by atoms with E-state index in [0.29, 0.717) is 5.56 Å².